The highest BCUT2D eigenvalue weighted by atomic mass is 16.3. The molecule has 0 saturated carbocycles. The Bertz CT molecular complexity index is 1100. The molecule has 4 heterocycles. The topological polar surface area (TPSA) is 110 Å². The molecule has 3 aliphatic heterocycles. The first-order valence-corrected chi connectivity index (χ1v) is 13.7. The van der Waals surface area contributed by atoms with Crippen molar-refractivity contribution in [2.75, 3.05) is 46.4 Å². The Morgan fingerprint density at radius 2 is 1.76 bits per heavy atom. The minimum absolute atomic E-state index is 0.150. The van der Waals surface area contributed by atoms with Crippen LogP contribution in [0.2, 0.25) is 0 Å². The SMILES string of the molecule is CC.Cc1nc(CN2C3=NCCCCN3C/N=C(/N3CCCC(N)C3)N(C)CC2O)nc2ccccc12. The van der Waals surface area contributed by atoms with E-state index in [1.165, 1.54) is 0 Å². The van der Waals surface area contributed by atoms with Gasteiger partial charge < -0.3 is 30.4 Å². The van der Waals surface area contributed by atoms with Crippen LogP contribution in [0.5, 0.6) is 0 Å². The van der Waals surface area contributed by atoms with Crippen molar-refractivity contribution < 1.29 is 5.11 Å². The summed E-state index contributed by atoms with van der Waals surface area (Å²) in [6.45, 7) is 10.6. The third kappa shape index (κ3) is 6.30. The molecule has 1 saturated heterocycles. The molecule has 2 unspecified atom stereocenters. The van der Waals surface area contributed by atoms with Crippen molar-refractivity contribution in [1.29, 1.82) is 0 Å². The Hall–Kier alpha value is -2.98. The molecule has 2 atom stereocenters. The van der Waals surface area contributed by atoms with Gasteiger partial charge in [0, 0.05) is 50.3 Å². The summed E-state index contributed by atoms with van der Waals surface area (Å²) in [5, 5.41) is 12.6. The maximum atomic E-state index is 11.5. The molecule has 37 heavy (non-hydrogen) atoms. The lowest BCUT2D eigenvalue weighted by Crippen LogP contribution is -2.54. The van der Waals surface area contributed by atoms with Gasteiger partial charge in [-0.1, -0.05) is 32.0 Å². The summed E-state index contributed by atoms with van der Waals surface area (Å²) >= 11 is 0. The second-order valence-corrected chi connectivity index (χ2v) is 9.83. The third-order valence-corrected chi connectivity index (χ3v) is 7.04. The highest BCUT2D eigenvalue weighted by Crippen LogP contribution is 2.20. The van der Waals surface area contributed by atoms with Crippen LogP contribution in [0, 0.1) is 6.92 Å². The van der Waals surface area contributed by atoms with E-state index in [2.05, 4.69) is 14.7 Å². The molecule has 10 nitrogen and oxygen atoms in total. The van der Waals surface area contributed by atoms with Gasteiger partial charge >= 0.3 is 0 Å². The lowest BCUT2D eigenvalue weighted by atomic mass is 10.1. The van der Waals surface area contributed by atoms with Crippen LogP contribution in [0.25, 0.3) is 10.9 Å². The molecule has 3 N–H and O–H groups in total. The summed E-state index contributed by atoms with van der Waals surface area (Å²) in [5.74, 6) is 2.35. The van der Waals surface area contributed by atoms with Crippen LogP contribution in [0.15, 0.2) is 34.3 Å². The first kappa shape index (κ1) is 27.1. The molecule has 5 rings (SSSR count). The van der Waals surface area contributed by atoms with Gasteiger partial charge in [-0.3, -0.25) is 4.99 Å². The van der Waals surface area contributed by atoms with Gasteiger partial charge in [-0.2, -0.15) is 0 Å². The molecule has 10 heteroatoms. The number of guanidine groups is 2. The van der Waals surface area contributed by atoms with Crippen LogP contribution in [-0.2, 0) is 6.54 Å². The molecule has 0 bridgehead atoms. The largest absolute Gasteiger partial charge is 0.372 e. The second-order valence-electron chi connectivity index (χ2n) is 9.83. The van der Waals surface area contributed by atoms with Crippen molar-refractivity contribution in [2.45, 2.75) is 65.3 Å². The number of likely N-dealkylation sites (N-methyl/N-ethyl adjacent to an activating group) is 1. The molecule has 1 aromatic carbocycles. The van der Waals surface area contributed by atoms with Gasteiger partial charge in [0.2, 0.25) is 5.96 Å². The van der Waals surface area contributed by atoms with E-state index in [4.69, 9.17) is 25.7 Å². The van der Waals surface area contributed by atoms with Crippen LogP contribution in [0.3, 0.4) is 0 Å². The van der Waals surface area contributed by atoms with Gasteiger partial charge in [-0.25, -0.2) is 15.0 Å². The summed E-state index contributed by atoms with van der Waals surface area (Å²) < 4.78 is 0. The number of hydrogen-bond donors (Lipinski definition) is 2. The van der Waals surface area contributed by atoms with Crippen molar-refractivity contribution in [3.63, 3.8) is 0 Å². The molecule has 2 aromatic rings. The monoisotopic (exact) mass is 509 g/mol. The van der Waals surface area contributed by atoms with Gasteiger partial charge in [0.25, 0.3) is 0 Å². The number of benzene rings is 1. The Labute approximate surface area is 220 Å². The number of aliphatic hydroxyl groups is 1. The van der Waals surface area contributed by atoms with E-state index in [1.54, 1.807) is 0 Å². The minimum Gasteiger partial charge on any atom is -0.372 e. The number of nitrogens with zero attached hydrogens (tertiary/aromatic N) is 8. The number of aromatic nitrogens is 2. The summed E-state index contributed by atoms with van der Waals surface area (Å²) in [6, 6.07) is 8.20. The zero-order valence-corrected chi connectivity index (χ0v) is 22.8. The fourth-order valence-corrected chi connectivity index (χ4v) is 5.25. The van der Waals surface area contributed by atoms with E-state index in [1.807, 2.05) is 57.0 Å². The highest BCUT2D eigenvalue weighted by Gasteiger charge is 2.32. The molecule has 0 aliphatic carbocycles. The van der Waals surface area contributed by atoms with Crippen LogP contribution in [0.1, 0.15) is 51.0 Å². The average molecular weight is 510 g/mol. The summed E-state index contributed by atoms with van der Waals surface area (Å²) in [7, 11) is 2.00. The quantitative estimate of drug-likeness (QED) is 0.634. The van der Waals surface area contributed by atoms with E-state index in [9.17, 15) is 5.11 Å². The maximum Gasteiger partial charge on any atom is 0.200 e. The molecule has 0 spiro atoms. The van der Waals surface area contributed by atoms with Crippen LogP contribution in [-0.4, -0.2) is 105 Å². The average Bonchev–Trinajstić information content (AvgIpc) is 3.12. The number of fused-ring (bicyclic) bond motifs is 2. The zero-order valence-electron chi connectivity index (χ0n) is 22.8. The number of piperidine rings is 1. The number of likely N-dealkylation sites (tertiary alicyclic amines) is 1. The van der Waals surface area contributed by atoms with Crippen molar-refractivity contribution in [2.24, 2.45) is 15.7 Å². The van der Waals surface area contributed by atoms with Crippen molar-refractivity contribution in [1.82, 2.24) is 29.6 Å². The molecular weight excluding hydrogens is 466 g/mol. The molecule has 1 aromatic heterocycles. The standard InChI is InChI=1S/C25H37N9O.C2H6/c1-18-20-9-3-4-10-21(20)30-22(29-18)15-34-23(35)16-31(2)24(32-13-7-8-19(26)14-32)28-17-33-12-6-5-11-27-25(33)34;1-2/h3-4,9-10,19,23,35H,5-8,11-17,26H2,1-2H3;1-2H3/b28-24+;. The highest BCUT2D eigenvalue weighted by molar-refractivity contribution is 5.84. The van der Waals surface area contributed by atoms with E-state index < -0.39 is 6.23 Å². The Morgan fingerprint density at radius 3 is 2.57 bits per heavy atom. The van der Waals surface area contributed by atoms with E-state index in [-0.39, 0.29) is 6.04 Å². The molecule has 0 amide bonds. The summed E-state index contributed by atoms with van der Waals surface area (Å²) in [5.41, 5.74) is 8.13. The number of aryl methyl sites for hydroxylation is 1. The normalized spacial score (nSPS) is 24.5. The molecule has 1 fully saturated rings. The van der Waals surface area contributed by atoms with Gasteiger partial charge in [0.1, 0.15) is 18.7 Å². The van der Waals surface area contributed by atoms with Gasteiger partial charge in [-0.05, 0) is 38.7 Å². The Balaban J connectivity index is 0.00000156. The first-order valence-electron chi connectivity index (χ1n) is 13.7. The predicted octanol–water partition coefficient (Wildman–Crippen LogP) is 2.22. The number of aliphatic hydroxyl groups excluding tert-OH is 1. The maximum absolute atomic E-state index is 11.5. The summed E-state index contributed by atoms with van der Waals surface area (Å²) in [4.78, 5) is 28.0. The summed E-state index contributed by atoms with van der Waals surface area (Å²) in [6.07, 6.45) is 3.36. The number of β-amino-alcohol motifs (C(OH)–C–C–N with tert-alkyl or cyclic N) is 1. The Morgan fingerprint density at radius 1 is 0.973 bits per heavy atom. The second kappa shape index (κ2) is 12.5. The molecular formula is C27H43N9O. The number of rotatable bonds is 2. The first-order chi connectivity index (χ1) is 18.0. The van der Waals surface area contributed by atoms with Crippen molar-refractivity contribution >= 4 is 22.8 Å². The smallest absolute Gasteiger partial charge is 0.200 e. The third-order valence-electron chi connectivity index (χ3n) is 7.04. The minimum atomic E-state index is -0.795. The van der Waals surface area contributed by atoms with Gasteiger partial charge in [0.15, 0.2) is 5.96 Å². The Kier molecular flexibility index (Phi) is 9.15. The molecule has 0 radical (unpaired) electrons. The zero-order chi connectivity index (χ0) is 26.4. The van der Waals surface area contributed by atoms with Crippen LogP contribution >= 0.6 is 0 Å². The van der Waals surface area contributed by atoms with E-state index in [0.717, 1.165) is 80.4 Å². The van der Waals surface area contributed by atoms with Crippen LogP contribution < -0.4 is 5.73 Å². The number of nitrogens with two attached hydrogens (primary N) is 1. The predicted molar refractivity (Wildman–Crippen MR) is 149 cm³/mol. The lowest BCUT2D eigenvalue weighted by molar-refractivity contribution is 0.0240. The van der Waals surface area contributed by atoms with Gasteiger partial charge in [-0.15, -0.1) is 0 Å². The molecule has 3 aliphatic rings. The van der Waals surface area contributed by atoms with Crippen LogP contribution in [0.4, 0.5) is 0 Å². The van der Waals surface area contributed by atoms with E-state index >= 15 is 0 Å². The number of para-hydroxylation sites is 1. The van der Waals surface area contributed by atoms with E-state index in [0.29, 0.717) is 25.6 Å². The fraction of sp³-hybridized carbons (Fsp3) is 0.630. The number of aliphatic imine (C=N–C) groups is 2. The van der Waals surface area contributed by atoms with Crippen molar-refractivity contribution in [3.8, 4) is 0 Å². The van der Waals surface area contributed by atoms with Gasteiger partial charge in [0.05, 0.1) is 18.6 Å². The lowest BCUT2D eigenvalue weighted by Gasteiger charge is -2.38. The molecule has 202 valence electrons. The van der Waals surface area contributed by atoms with Crippen molar-refractivity contribution in [3.05, 3.63) is 35.8 Å². The fourth-order valence-electron chi connectivity index (χ4n) is 5.25. The number of hydrogen-bond acceptors (Lipinski definition) is 10.